The van der Waals surface area contributed by atoms with Gasteiger partial charge in [-0.15, -0.1) is 0 Å². The van der Waals surface area contributed by atoms with Gasteiger partial charge in [-0.2, -0.15) is 0 Å². The maximum atomic E-state index is 11.7. The van der Waals surface area contributed by atoms with Crippen LogP contribution in [0.4, 0.5) is 0 Å². The summed E-state index contributed by atoms with van der Waals surface area (Å²) in [5, 5.41) is 0. The predicted octanol–water partition coefficient (Wildman–Crippen LogP) is 1.58. The first kappa shape index (κ1) is 13.4. The zero-order valence-corrected chi connectivity index (χ0v) is 11.7. The smallest absolute Gasteiger partial charge is 0.214 e. The summed E-state index contributed by atoms with van der Waals surface area (Å²) in [5.74, 6) is 1.12. The van der Waals surface area contributed by atoms with Gasteiger partial charge >= 0.3 is 0 Å². The minimum atomic E-state index is -2.99. The molecule has 0 N–H and O–H groups in total. The number of benzene rings is 1. The third-order valence-corrected chi connectivity index (χ3v) is 5.23. The van der Waals surface area contributed by atoms with E-state index < -0.39 is 10.0 Å². The van der Waals surface area contributed by atoms with Crippen LogP contribution < -0.4 is 4.74 Å². The molecular formula is C13H19NO3S. The summed E-state index contributed by atoms with van der Waals surface area (Å²) in [5.41, 5.74) is 2.23. The van der Waals surface area contributed by atoms with Gasteiger partial charge in [-0.05, 0) is 31.4 Å². The molecule has 1 aromatic rings. The Bertz CT molecular complexity index is 525. The minimum absolute atomic E-state index is 0.290. The summed E-state index contributed by atoms with van der Waals surface area (Å²) in [4.78, 5) is 0. The molecule has 0 saturated carbocycles. The van der Waals surface area contributed by atoms with Crippen LogP contribution >= 0.6 is 0 Å². The van der Waals surface area contributed by atoms with Crippen molar-refractivity contribution in [2.45, 2.75) is 19.8 Å². The Balaban J connectivity index is 2.08. The van der Waals surface area contributed by atoms with Gasteiger partial charge in [-0.1, -0.05) is 17.7 Å². The van der Waals surface area contributed by atoms with E-state index in [2.05, 4.69) is 6.07 Å². The summed E-state index contributed by atoms with van der Waals surface area (Å²) in [6.07, 6.45) is 1.44. The van der Waals surface area contributed by atoms with E-state index in [4.69, 9.17) is 4.74 Å². The molecule has 0 atom stereocenters. The van der Waals surface area contributed by atoms with Crippen molar-refractivity contribution in [3.05, 3.63) is 29.3 Å². The van der Waals surface area contributed by atoms with Crippen molar-refractivity contribution in [2.24, 2.45) is 0 Å². The molecule has 4 nitrogen and oxygen atoms in total. The zero-order chi connectivity index (χ0) is 13.2. The van der Waals surface area contributed by atoms with Gasteiger partial charge in [-0.3, -0.25) is 0 Å². The van der Waals surface area contributed by atoms with Crippen molar-refractivity contribution >= 4 is 10.0 Å². The number of methoxy groups -OCH3 is 1. The third kappa shape index (κ3) is 2.84. The van der Waals surface area contributed by atoms with Gasteiger partial charge in [0.05, 0.1) is 12.9 Å². The topological polar surface area (TPSA) is 46.6 Å². The lowest BCUT2D eigenvalue weighted by molar-refractivity contribution is 0.403. The first-order valence-electron chi connectivity index (χ1n) is 6.14. The number of sulfonamides is 1. The van der Waals surface area contributed by atoms with E-state index >= 15 is 0 Å². The Morgan fingerprint density at radius 1 is 1.39 bits per heavy atom. The highest BCUT2D eigenvalue weighted by atomic mass is 32.2. The second-order valence-electron chi connectivity index (χ2n) is 4.63. The van der Waals surface area contributed by atoms with Crippen molar-refractivity contribution in [2.75, 3.05) is 26.0 Å². The Morgan fingerprint density at radius 3 is 2.78 bits per heavy atom. The SMILES string of the molecule is COc1ccc(C)cc1CCN1CCCS1(=O)=O. The molecular weight excluding hydrogens is 250 g/mol. The van der Waals surface area contributed by atoms with E-state index in [0.29, 0.717) is 19.5 Å². The first-order valence-corrected chi connectivity index (χ1v) is 7.75. The van der Waals surface area contributed by atoms with E-state index in [1.807, 2.05) is 19.1 Å². The van der Waals surface area contributed by atoms with Gasteiger partial charge in [0.2, 0.25) is 10.0 Å². The lowest BCUT2D eigenvalue weighted by atomic mass is 10.1. The number of hydrogen-bond donors (Lipinski definition) is 0. The van der Waals surface area contributed by atoms with Crippen LogP contribution in [0, 0.1) is 6.92 Å². The molecule has 0 spiro atoms. The van der Waals surface area contributed by atoms with Gasteiger partial charge in [0, 0.05) is 13.1 Å². The average Bonchev–Trinajstić information content (AvgIpc) is 2.66. The molecule has 0 unspecified atom stereocenters. The summed E-state index contributed by atoms with van der Waals surface area (Å²) < 4.78 is 30.3. The van der Waals surface area contributed by atoms with Crippen LogP contribution in [0.15, 0.2) is 18.2 Å². The fraction of sp³-hybridized carbons (Fsp3) is 0.538. The third-order valence-electron chi connectivity index (χ3n) is 3.27. The van der Waals surface area contributed by atoms with Crippen molar-refractivity contribution in [1.29, 1.82) is 0 Å². The lowest BCUT2D eigenvalue weighted by Crippen LogP contribution is -2.28. The molecule has 0 aliphatic carbocycles. The molecule has 100 valence electrons. The fourth-order valence-corrected chi connectivity index (χ4v) is 3.82. The highest BCUT2D eigenvalue weighted by molar-refractivity contribution is 7.89. The molecule has 1 saturated heterocycles. The average molecular weight is 269 g/mol. The van der Waals surface area contributed by atoms with Crippen molar-refractivity contribution in [1.82, 2.24) is 4.31 Å². The van der Waals surface area contributed by atoms with Crippen molar-refractivity contribution in [3.8, 4) is 5.75 Å². The zero-order valence-electron chi connectivity index (χ0n) is 10.8. The van der Waals surface area contributed by atoms with Crippen LogP contribution in [0.25, 0.3) is 0 Å². The molecule has 18 heavy (non-hydrogen) atoms. The van der Waals surface area contributed by atoms with Gasteiger partial charge in [0.1, 0.15) is 5.75 Å². The number of hydrogen-bond acceptors (Lipinski definition) is 3. The highest BCUT2D eigenvalue weighted by Gasteiger charge is 2.27. The van der Waals surface area contributed by atoms with Crippen LogP contribution in [0.1, 0.15) is 17.5 Å². The number of rotatable bonds is 4. The quantitative estimate of drug-likeness (QED) is 0.834. The van der Waals surface area contributed by atoms with E-state index in [1.54, 1.807) is 11.4 Å². The van der Waals surface area contributed by atoms with Crippen LogP contribution in [0.5, 0.6) is 5.75 Å². The number of nitrogens with zero attached hydrogens (tertiary/aromatic N) is 1. The van der Waals surface area contributed by atoms with Crippen molar-refractivity contribution in [3.63, 3.8) is 0 Å². The normalized spacial score (nSPS) is 19.0. The molecule has 2 rings (SSSR count). The number of ether oxygens (including phenoxy) is 1. The second-order valence-corrected chi connectivity index (χ2v) is 6.72. The van der Waals surface area contributed by atoms with Crippen LogP contribution in [-0.2, 0) is 16.4 Å². The molecule has 1 aromatic carbocycles. The lowest BCUT2D eigenvalue weighted by Gasteiger charge is -2.15. The minimum Gasteiger partial charge on any atom is -0.496 e. The summed E-state index contributed by atoms with van der Waals surface area (Å²) in [6, 6.07) is 5.99. The monoisotopic (exact) mass is 269 g/mol. The molecule has 0 aromatic heterocycles. The molecule has 1 aliphatic heterocycles. The Kier molecular flexibility index (Phi) is 3.92. The van der Waals surface area contributed by atoms with Gasteiger partial charge in [0.15, 0.2) is 0 Å². The highest BCUT2D eigenvalue weighted by Crippen LogP contribution is 2.22. The molecule has 0 radical (unpaired) electrons. The van der Waals surface area contributed by atoms with Crippen LogP contribution in [0.3, 0.4) is 0 Å². The van der Waals surface area contributed by atoms with E-state index in [0.717, 1.165) is 23.3 Å². The van der Waals surface area contributed by atoms with E-state index in [-0.39, 0.29) is 5.75 Å². The van der Waals surface area contributed by atoms with Crippen LogP contribution in [-0.4, -0.2) is 38.7 Å². The molecule has 1 aliphatic rings. The standard InChI is InChI=1S/C13H19NO3S/c1-11-4-5-13(17-2)12(10-11)6-8-14-7-3-9-18(14,15)16/h4-5,10H,3,6-9H2,1-2H3. The Labute approximate surface area is 109 Å². The second kappa shape index (κ2) is 5.28. The maximum Gasteiger partial charge on any atom is 0.214 e. The predicted molar refractivity (Wildman–Crippen MR) is 71.4 cm³/mol. The Morgan fingerprint density at radius 2 is 2.17 bits per heavy atom. The van der Waals surface area contributed by atoms with Crippen molar-refractivity contribution < 1.29 is 13.2 Å². The van der Waals surface area contributed by atoms with Gasteiger partial charge in [0.25, 0.3) is 0 Å². The van der Waals surface area contributed by atoms with E-state index in [1.165, 1.54) is 0 Å². The molecule has 0 bridgehead atoms. The summed E-state index contributed by atoms with van der Waals surface area (Å²) >= 11 is 0. The summed E-state index contributed by atoms with van der Waals surface area (Å²) in [7, 11) is -1.35. The van der Waals surface area contributed by atoms with Gasteiger partial charge in [-0.25, -0.2) is 12.7 Å². The largest absolute Gasteiger partial charge is 0.496 e. The molecule has 0 amide bonds. The Hall–Kier alpha value is -1.07. The molecule has 1 fully saturated rings. The van der Waals surface area contributed by atoms with E-state index in [9.17, 15) is 8.42 Å². The van der Waals surface area contributed by atoms with Gasteiger partial charge < -0.3 is 4.74 Å². The fourth-order valence-electron chi connectivity index (χ4n) is 2.29. The maximum absolute atomic E-state index is 11.7. The number of aryl methyl sites for hydroxylation is 1. The summed E-state index contributed by atoms with van der Waals surface area (Å²) in [6.45, 7) is 3.22. The first-order chi connectivity index (χ1) is 8.53. The van der Waals surface area contributed by atoms with Crippen LogP contribution in [0.2, 0.25) is 0 Å². The molecule has 1 heterocycles. The molecule has 5 heteroatoms.